The van der Waals surface area contributed by atoms with Crippen molar-refractivity contribution in [3.63, 3.8) is 0 Å². The molecule has 0 spiro atoms. The van der Waals surface area contributed by atoms with Gasteiger partial charge in [0.25, 0.3) is 0 Å². The van der Waals surface area contributed by atoms with E-state index in [1.165, 1.54) is 0 Å². The molecule has 0 aromatic heterocycles. The predicted molar refractivity (Wildman–Crippen MR) is 35.3 cm³/mol. The molecular formula is C5H12ClNO. The normalized spacial score (nSPS) is 24.8. The molecule has 1 N–H and O–H groups in total. The zero-order chi connectivity index (χ0) is 5.33. The SMILES string of the molecule is CC1(C)COCN1.Cl. The third-order valence-electron chi connectivity index (χ3n) is 1.12. The van der Waals surface area contributed by atoms with Gasteiger partial charge in [-0.25, -0.2) is 0 Å². The van der Waals surface area contributed by atoms with E-state index in [0.29, 0.717) is 6.73 Å². The number of nitrogens with one attached hydrogen (secondary N) is 1. The minimum atomic E-state index is 0. The molecule has 1 saturated heterocycles. The molecule has 0 radical (unpaired) electrons. The first-order valence-electron chi connectivity index (χ1n) is 2.53. The van der Waals surface area contributed by atoms with Crippen molar-refractivity contribution in [2.45, 2.75) is 19.4 Å². The topological polar surface area (TPSA) is 21.3 Å². The molecule has 3 heteroatoms. The molecule has 0 unspecified atom stereocenters. The third kappa shape index (κ3) is 1.99. The fourth-order valence-electron chi connectivity index (χ4n) is 0.604. The molecule has 1 aliphatic heterocycles. The molecule has 1 rings (SSSR count). The van der Waals surface area contributed by atoms with E-state index >= 15 is 0 Å². The van der Waals surface area contributed by atoms with Crippen molar-refractivity contribution in [3.05, 3.63) is 0 Å². The molecule has 0 saturated carbocycles. The monoisotopic (exact) mass is 137 g/mol. The van der Waals surface area contributed by atoms with Crippen molar-refractivity contribution in [3.8, 4) is 0 Å². The van der Waals surface area contributed by atoms with Gasteiger partial charge in [0.15, 0.2) is 0 Å². The van der Waals surface area contributed by atoms with Gasteiger partial charge in [-0.3, -0.25) is 5.32 Å². The highest BCUT2D eigenvalue weighted by Gasteiger charge is 2.21. The highest BCUT2D eigenvalue weighted by atomic mass is 35.5. The van der Waals surface area contributed by atoms with Gasteiger partial charge in [0.1, 0.15) is 0 Å². The largest absolute Gasteiger partial charge is 0.364 e. The van der Waals surface area contributed by atoms with Gasteiger partial charge in [0.2, 0.25) is 0 Å². The van der Waals surface area contributed by atoms with Crippen LogP contribution in [0.2, 0.25) is 0 Å². The van der Waals surface area contributed by atoms with Crippen LogP contribution in [-0.4, -0.2) is 18.9 Å². The minimum Gasteiger partial charge on any atom is -0.364 e. The Labute approximate surface area is 56.0 Å². The Morgan fingerprint density at radius 1 is 1.50 bits per heavy atom. The molecule has 1 fully saturated rings. The molecule has 8 heavy (non-hydrogen) atoms. The molecule has 0 atom stereocenters. The summed E-state index contributed by atoms with van der Waals surface area (Å²) in [5.74, 6) is 0. The van der Waals surface area contributed by atoms with Crippen LogP contribution in [0.5, 0.6) is 0 Å². The van der Waals surface area contributed by atoms with Crippen LogP contribution in [0.1, 0.15) is 13.8 Å². The number of halogens is 1. The zero-order valence-electron chi connectivity index (χ0n) is 5.23. The summed E-state index contributed by atoms with van der Waals surface area (Å²) in [6.07, 6.45) is 0. The van der Waals surface area contributed by atoms with E-state index in [2.05, 4.69) is 19.2 Å². The Bertz CT molecular complexity index is 66.8. The summed E-state index contributed by atoms with van der Waals surface area (Å²) >= 11 is 0. The first-order valence-corrected chi connectivity index (χ1v) is 2.53. The van der Waals surface area contributed by atoms with E-state index in [4.69, 9.17) is 4.74 Å². The van der Waals surface area contributed by atoms with Gasteiger partial charge in [0, 0.05) is 5.54 Å². The van der Waals surface area contributed by atoms with Gasteiger partial charge in [-0.15, -0.1) is 12.4 Å². The molecular weight excluding hydrogens is 126 g/mol. The Balaban J connectivity index is 0.000000490. The molecule has 1 aliphatic rings. The lowest BCUT2D eigenvalue weighted by molar-refractivity contribution is 0.182. The predicted octanol–water partition coefficient (Wildman–Crippen LogP) is 0.764. The van der Waals surface area contributed by atoms with Crippen molar-refractivity contribution in [1.82, 2.24) is 5.32 Å². The van der Waals surface area contributed by atoms with E-state index in [1.54, 1.807) is 0 Å². The number of hydrogen-bond donors (Lipinski definition) is 1. The first-order chi connectivity index (χ1) is 3.21. The van der Waals surface area contributed by atoms with Crippen LogP contribution >= 0.6 is 12.4 Å². The van der Waals surface area contributed by atoms with Crippen molar-refractivity contribution < 1.29 is 4.74 Å². The van der Waals surface area contributed by atoms with Crippen molar-refractivity contribution in [2.75, 3.05) is 13.3 Å². The maximum absolute atomic E-state index is 5.05. The van der Waals surface area contributed by atoms with Crippen LogP contribution in [0.4, 0.5) is 0 Å². The average molecular weight is 138 g/mol. The smallest absolute Gasteiger partial charge is 0.0971 e. The lowest BCUT2D eigenvalue weighted by Crippen LogP contribution is -2.34. The summed E-state index contributed by atoms with van der Waals surface area (Å²) in [4.78, 5) is 0. The fourth-order valence-corrected chi connectivity index (χ4v) is 0.604. The van der Waals surface area contributed by atoms with Crippen LogP contribution in [0.25, 0.3) is 0 Å². The highest BCUT2D eigenvalue weighted by Crippen LogP contribution is 2.06. The fraction of sp³-hybridized carbons (Fsp3) is 1.00. The van der Waals surface area contributed by atoms with E-state index in [1.807, 2.05) is 0 Å². The molecule has 0 bridgehead atoms. The van der Waals surface area contributed by atoms with E-state index in [-0.39, 0.29) is 17.9 Å². The Hall–Kier alpha value is 0.210. The Morgan fingerprint density at radius 3 is 2.25 bits per heavy atom. The zero-order valence-corrected chi connectivity index (χ0v) is 6.05. The second kappa shape index (κ2) is 2.67. The molecule has 0 amide bonds. The summed E-state index contributed by atoms with van der Waals surface area (Å²) in [6, 6.07) is 0. The van der Waals surface area contributed by atoms with Gasteiger partial charge in [0.05, 0.1) is 13.3 Å². The lowest BCUT2D eigenvalue weighted by Gasteiger charge is -2.12. The second-order valence-electron chi connectivity index (χ2n) is 2.55. The molecule has 1 heterocycles. The van der Waals surface area contributed by atoms with Gasteiger partial charge in [-0.2, -0.15) is 0 Å². The van der Waals surface area contributed by atoms with Gasteiger partial charge in [-0.05, 0) is 13.8 Å². The van der Waals surface area contributed by atoms with E-state index in [0.717, 1.165) is 6.61 Å². The van der Waals surface area contributed by atoms with Crippen LogP contribution in [0, 0.1) is 0 Å². The molecule has 0 aliphatic carbocycles. The summed E-state index contributed by atoms with van der Waals surface area (Å²) in [7, 11) is 0. The summed E-state index contributed by atoms with van der Waals surface area (Å²) < 4.78 is 5.05. The van der Waals surface area contributed by atoms with E-state index < -0.39 is 0 Å². The maximum atomic E-state index is 5.05. The quantitative estimate of drug-likeness (QED) is 0.533. The van der Waals surface area contributed by atoms with Crippen LogP contribution in [0.15, 0.2) is 0 Å². The van der Waals surface area contributed by atoms with Crippen molar-refractivity contribution >= 4 is 12.4 Å². The molecule has 0 aromatic rings. The van der Waals surface area contributed by atoms with Crippen LogP contribution < -0.4 is 5.32 Å². The first kappa shape index (κ1) is 8.21. The molecule has 2 nitrogen and oxygen atoms in total. The highest BCUT2D eigenvalue weighted by molar-refractivity contribution is 5.85. The Kier molecular flexibility index (Phi) is 2.74. The van der Waals surface area contributed by atoms with Crippen molar-refractivity contribution in [2.24, 2.45) is 0 Å². The van der Waals surface area contributed by atoms with Gasteiger partial charge < -0.3 is 4.74 Å². The number of rotatable bonds is 0. The third-order valence-corrected chi connectivity index (χ3v) is 1.12. The molecule has 0 aromatic carbocycles. The van der Waals surface area contributed by atoms with Crippen LogP contribution in [-0.2, 0) is 4.74 Å². The standard InChI is InChI=1S/C5H11NO.ClH/c1-5(2)3-7-4-6-5;/h6H,3-4H2,1-2H3;1H. The average Bonchev–Trinajstić information content (AvgIpc) is 1.84. The maximum Gasteiger partial charge on any atom is 0.0971 e. The molecule has 50 valence electrons. The van der Waals surface area contributed by atoms with Gasteiger partial charge >= 0.3 is 0 Å². The second-order valence-corrected chi connectivity index (χ2v) is 2.55. The van der Waals surface area contributed by atoms with Crippen LogP contribution in [0.3, 0.4) is 0 Å². The summed E-state index contributed by atoms with van der Waals surface area (Å²) in [5, 5.41) is 3.17. The summed E-state index contributed by atoms with van der Waals surface area (Å²) in [5.41, 5.74) is 0.222. The Morgan fingerprint density at radius 2 is 2.12 bits per heavy atom. The summed E-state index contributed by atoms with van der Waals surface area (Å²) in [6.45, 7) is 5.81. The minimum absolute atomic E-state index is 0. The van der Waals surface area contributed by atoms with Crippen molar-refractivity contribution in [1.29, 1.82) is 0 Å². The lowest BCUT2D eigenvalue weighted by atomic mass is 10.1. The number of ether oxygens (including phenoxy) is 1. The number of hydrogen-bond acceptors (Lipinski definition) is 2. The van der Waals surface area contributed by atoms with Gasteiger partial charge in [-0.1, -0.05) is 0 Å². The van der Waals surface area contributed by atoms with E-state index in [9.17, 15) is 0 Å².